The van der Waals surface area contributed by atoms with Crippen molar-refractivity contribution >= 4 is 23.3 Å². The van der Waals surface area contributed by atoms with Gasteiger partial charge in [-0.2, -0.15) is 13.2 Å². The number of carbonyl (C=O) groups excluding carboxylic acids is 1. The Morgan fingerprint density at radius 1 is 1.40 bits per heavy atom. The topological polar surface area (TPSA) is 42.0 Å². The fourth-order valence-corrected chi connectivity index (χ4v) is 2.59. The Kier molecular flexibility index (Phi) is 4.52. The molecule has 2 rings (SSSR count). The normalized spacial score (nSPS) is 23.4. The molecule has 1 saturated carbocycles. The lowest BCUT2D eigenvalue weighted by Crippen LogP contribution is -2.34. The largest absolute Gasteiger partial charge is 0.391 e. The summed E-state index contributed by atoms with van der Waals surface area (Å²) in [6.07, 6.45) is -1.99. The highest BCUT2D eigenvalue weighted by Crippen LogP contribution is 2.40. The van der Waals surface area contributed by atoms with E-state index in [-0.39, 0.29) is 23.7 Å². The summed E-state index contributed by atoms with van der Waals surface area (Å²) in [4.78, 5) is 15.9. The zero-order valence-electron chi connectivity index (χ0n) is 10.6. The van der Waals surface area contributed by atoms with Gasteiger partial charge in [-0.1, -0.05) is 18.0 Å². The van der Waals surface area contributed by atoms with Crippen LogP contribution in [0.15, 0.2) is 18.3 Å². The van der Waals surface area contributed by atoms with Crippen LogP contribution in [0.5, 0.6) is 0 Å². The summed E-state index contributed by atoms with van der Waals surface area (Å²) in [7, 11) is 0. The van der Waals surface area contributed by atoms with Crippen LogP contribution in [0.25, 0.3) is 0 Å². The number of aromatic nitrogens is 1. The van der Waals surface area contributed by atoms with Gasteiger partial charge in [-0.25, -0.2) is 4.98 Å². The number of rotatable bonds is 2. The van der Waals surface area contributed by atoms with E-state index in [9.17, 15) is 18.0 Å². The van der Waals surface area contributed by atoms with E-state index in [4.69, 9.17) is 11.6 Å². The Morgan fingerprint density at radius 3 is 2.80 bits per heavy atom. The lowest BCUT2D eigenvalue weighted by molar-refractivity contribution is -0.185. The first kappa shape index (κ1) is 15.1. The van der Waals surface area contributed by atoms with E-state index in [1.165, 1.54) is 6.20 Å². The number of hydrogen-bond donors (Lipinski definition) is 1. The molecule has 1 amide bonds. The van der Waals surface area contributed by atoms with Crippen LogP contribution in [-0.2, 0) is 4.79 Å². The summed E-state index contributed by atoms with van der Waals surface area (Å²) in [5.41, 5.74) is 0. The number of alkyl halides is 3. The molecule has 7 heteroatoms. The Bertz CT molecular complexity index is 493. The molecule has 0 saturated heterocycles. The van der Waals surface area contributed by atoms with Gasteiger partial charge in [-0.3, -0.25) is 4.79 Å². The minimum atomic E-state index is -4.23. The summed E-state index contributed by atoms with van der Waals surface area (Å²) in [6.45, 7) is 0. The van der Waals surface area contributed by atoms with Gasteiger partial charge in [0.2, 0.25) is 5.91 Å². The predicted octanol–water partition coefficient (Wildman–Crippen LogP) is 4.04. The van der Waals surface area contributed by atoms with Crippen LogP contribution in [0.3, 0.4) is 0 Å². The van der Waals surface area contributed by atoms with Crippen LogP contribution in [0, 0.1) is 11.8 Å². The second-order valence-electron chi connectivity index (χ2n) is 4.93. The van der Waals surface area contributed by atoms with Crippen molar-refractivity contribution in [2.24, 2.45) is 11.8 Å². The molecule has 1 aliphatic rings. The van der Waals surface area contributed by atoms with Crippen LogP contribution in [0.4, 0.5) is 19.0 Å². The van der Waals surface area contributed by atoms with E-state index in [1.807, 2.05) is 0 Å². The molecule has 3 nitrogen and oxygen atoms in total. The Hall–Kier alpha value is -1.30. The summed E-state index contributed by atoms with van der Waals surface area (Å²) in [6, 6.07) is 3.17. The molecule has 2 atom stereocenters. The van der Waals surface area contributed by atoms with Gasteiger partial charge in [-0.05, 0) is 31.4 Å². The average Bonchev–Trinajstić information content (AvgIpc) is 2.40. The van der Waals surface area contributed by atoms with Gasteiger partial charge < -0.3 is 5.32 Å². The molecule has 2 unspecified atom stereocenters. The zero-order valence-corrected chi connectivity index (χ0v) is 11.3. The third-order valence-electron chi connectivity index (χ3n) is 3.51. The molecule has 0 bridgehead atoms. The lowest BCUT2D eigenvalue weighted by atomic mass is 9.80. The molecule has 110 valence electrons. The van der Waals surface area contributed by atoms with Gasteiger partial charge in [0.1, 0.15) is 0 Å². The number of anilines is 1. The highest BCUT2D eigenvalue weighted by atomic mass is 35.5. The Labute approximate surface area is 119 Å². The van der Waals surface area contributed by atoms with Gasteiger partial charge in [0.15, 0.2) is 5.82 Å². The number of amides is 1. The number of carbonyl (C=O) groups is 1. The first-order chi connectivity index (χ1) is 9.38. The van der Waals surface area contributed by atoms with Crippen molar-refractivity contribution in [2.45, 2.75) is 31.9 Å². The SMILES string of the molecule is O=C(Nc1ncccc1Cl)C1CCCC(C(F)(F)F)C1. The number of nitrogens with zero attached hydrogens (tertiary/aromatic N) is 1. The zero-order chi connectivity index (χ0) is 14.8. The molecule has 0 aromatic carbocycles. The molecule has 1 aromatic rings. The maximum absolute atomic E-state index is 12.7. The van der Waals surface area contributed by atoms with Crippen LogP contribution in [0.1, 0.15) is 25.7 Å². The van der Waals surface area contributed by atoms with Gasteiger partial charge in [0.25, 0.3) is 0 Å². The quantitative estimate of drug-likeness (QED) is 0.896. The van der Waals surface area contributed by atoms with E-state index in [2.05, 4.69) is 10.3 Å². The molecule has 20 heavy (non-hydrogen) atoms. The molecule has 0 spiro atoms. The van der Waals surface area contributed by atoms with Crippen molar-refractivity contribution in [3.63, 3.8) is 0 Å². The third kappa shape index (κ3) is 3.62. The maximum atomic E-state index is 12.7. The smallest absolute Gasteiger partial charge is 0.309 e. The van der Waals surface area contributed by atoms with Crippen molar-refractivity contribution in [3.8, 4) is 0 Å². The minimum absolute atomic E-state index is 0.0949. The minimum Gasteiger partial charge on any atom is -0.309 e. The molecular weight excluding hydrogens is 293 g/mol. The van der Waals surface area contributed by atoms with Crippen molar-refractivity contribution < 1.29 is 18.0 Å². The average molecular weight is 307 g/mol. The number of nitrogens with one attached hydrogen (secondary N) is 1. The van der Waals surface area contributed by atoms with Gasteiger partial charge in [0.05, 0.1) is 10.9 Å². The van der Waals surface area contributed by atoms with Crippen molar-refractivity contribution in [1.82, 2.24) is 4.98 Å². The van der Waals surface area contributed by atoms with Crippen LogP contribution >= 0.6 is 11.6 Å². The Balaban J connectivity index is 2.01. The second kappa shape index (κ2) is 5.99. The van der Waals surface area contributed by atoms with Gasteiger partial charge in [0, 0.05) is 12.1 Å². The molecular formula is C13H14ClF3N2O. The molecule has 1 N–H and O–H groups in total. The third-order valence-corrected chi connectivity index (χ3v) is 3.81. The van der Waals surface area contributed by atoms with Crippen molar-refractivity contribution in [2.75, 3.05) is 5.32 Å². The second-order valence-corrected chi connectivity index (χ2v) is 5.33. The number of halogens is 4. The van der Waals surface area contributed by atoms with Crippen molar-refractivity contribution in [1.29, 1.82) is 0 Å². The molecule has 1 aliphatic carbocycles. The molecule has 0 radical (unpaired) electrons. The monoisotopic (exact) mass is 306 g/mol. The van der Waals surface area contributed by atoms with Crippen LogP contribution < -0.4 is 5.32 Å². The molecule has 0 aliphatic heterocycles. The summed E-state index contributed by atoms with van der Waals surface area (Å²) < 4.78 is 38.1. The van der Waals surface area contributed by atoms with E-state index in [0.717, 1.165) is 0 Å². The standard InChI is InChI=1S/C13H14ClF3N2O/c14-10-5-2-6-18-11(10)19-12(20)8-3-1-4-9(7-8)13(15,16)17/h2,5-6,8-9H,1,3-4,7H2,(H,18,19,20). The van der Waals surface area contributed by atoms with E-state index < -0.39 is 23.9 Å². The highest BCUT2D eigenvalue weighted by molar-refractivity contribution is 6.33. The van der Waals surface area contributed by atoms with Gasteiger partial charge >= 0.3 is 6.18 Å². The molecule has 1 fully saturated rings. The van der Waals surface area contributed by atoms with E-state index >= 15 is 0 Å². The highest BCUT2D eigenvalue weighted by Gasteiger charge is 2.43. The Morgan fingerprint density at radius 2 is 2.15 bits per heavy atom. The molecule has 1 aromatic heterocycles. The summed E-state index contributed by atoms with van der Waals surface area (Å²) in [5.74, 6) is -2.30. The van der Waals surface area contributed by atoms with Gasteiger partial charge in [-0.15, -0.1) is 0 Å². The number of hydrogen-bond acceptors (Lipinski definition) is 2. The summed E-state index contributed by atoms with van der Waals surface area (Å²) in [5, 5.41) is 2.77. The number of pyridine rings is 1. The van der Waals surface area contributed by atoms with Crippen molar-refractivity contribution in [3.05, 3.63) is 23.4 Å². The van der Waals surface area contributed by atoms with E-state index in [1.54, 1.807) is 12.1 Å². The fraction of sp³-hybridized carbons (Fsp3) is 0.538. The maximum Gasteiger partial charge on any atom is 0.391 e. The lowest BCUT2D eigenvalue weighted by Gasteiger charge is -2.29. The summed E-state index contributed by atoms with van der Waals surface area (Å²) >= 11 is 5.85. The predicted molar refractivity (Wildman–Crippen MR) is 69.4 cm³/mol. The fourth-order valence-electron chi connectivity index (χ4n) is 2.42. The van der Waals surface area contributed by atoms with E-state index in [0.29, 0.717) is 12.8 Å². The first-order valence-electron chi connectivity index (χ1n) is 6.36. The first-order valence-corrected chi connectivity index (χ1v) is 6.74. The molecule has 1 heterocycles. The van der Waals surface area contributed by atoms with Crippen LogP contribution in [0.2, 0.25) is 5.02 Å². The van der Waals surface area contributed by atoms with Crippen LogP contribution in [-0.4, -0.2) is 17.1 Å².